The molecule has 0 aromatic rings. The fourth-order valence-electron chi connectivity index (χ4n) is 11.9. The molecule has 0 bridgehead atoms. The fraction of sp³-hybridized carbons (Fsp3) is 0.946. The van der Waals surface area contributed by atoms with Crippen LogP contribution in [-0.2, 0) is 14.3 Å². The van der Waals surface area contributed by atoms with Gasteiger partial charge in [-0.1, -0.05) is 379 Å². The van der Waals surface area contributed by atoms with Crippen LogP contribution in [0.25, 0.3) is 0 Å². The van der Waals surface area contributed by atoms with Crippen molar-refractivity contribution in [3.8, 4) is 0 Å². The zero-order valence-corrected chi connectivity index (χ0v) is 54.6. The van der Waals surface area contributed by atoms with Gasteiger partial charge in [-0.3, -0.25) is 9.59 Å². The smallest absolute Gasteiger partial charge is 0.305 e. The molecule has 476 valence electrons. The highest BCUT2D eigenvalue weighted by Crippen LogP contribution is 2.20. The standard InChI is InChI=1S/C74H145NO5/c1-3-5-7-9-11-13-15-16-17-37-40-43-47-50-54-58-62-66-72(77)71(70-76)75-73(78)67-63-59-55-51-48-44-41-38-35-33-31-29-27-25-23-21-19-18-20-22-24-26-28-30-32-34-36-39-42-45-49-53-57-61-65-69-80-74(79)68-64-60-56-52-46-14-12-10-8-6-4-2/h10,12,71-72,76-77H,3-9,11,13-70H2,1-2H3,(H,75,78)/b12-10-. The second-order valence-corrected chi connectivity index (χ2v) is 25.6. The van der Waals surface area contributed by atoms with E-state index in [1.165, 1.54) is 347 Å². The summed E-state index contributed by atoms with van der Waals surface area (Å²) in [5.41, 5.74) is 0. The first-order chi connectivity index (χ1) is 39.5. The van der Waals surface area contributed by atoms with Gasteiger partial charge in [0.25, 0.3) is 0 Å². The monoisotopic (exact) mass is 1130 g/mol. The molecule has 0 saturated heterocycles. The predicted molar refractivity (Wildman–Crippen MR) is 352 cm³/mol. The number of nitrogens with one attached hydrogen (secondary N) is 1. The van der Waals surface area contributed by atoms with Gasteiger partial charge in [0.15, 0.2) is 0 Å². The SMILES string of the molecule is CCCC/C=C\CCCCCCCC(=O)OCCCCCCCCCCCCCCCCCCCCCCCCCCCCCCCCCCCCCC(=O)NC(CO)C(O)CCCCCCCCCCCCCCCCCCC. The molecule has 6 nitrogen and oxygen atoms in total. The van der Waals surface area contributed by atoms with Crippen LogP contribution in [0.3, 0.4) is 0 Å². The van der Waals surface area contributed by atoms with E-state index in [1.807, 2.05) is 0 Å². The molecular formula is C74H145NO5. The molecule has 0 radical (unpaired) electrons. The van der Waals surface area contributed by atoms with Gasteiger partial charge in [0, 0.05) is 12.8 Å². The average Bonchev–Trinajstić information content (AvgIpc) is 3.46. The van der Waals surface area contributed by atoms with Gasteiger partial charge in [0.05, 0.1) is 25.4 Å². The van der Waals surface area contributed by atoms with Crippen molar-refractivity contribution in [2.45, 2.75) is 437 Å². The highest BCUT2D eigenvalue weighted by molar-refractivity contribution is 5.76. The number of allylic oxidation sites excluding steroid dienone is 2. The van der Waals surface area contributed by atoms with E-state index in [9.17, 15) is 19.8 Å². The van der Waals surface area contributed by atoms with Crippen molar-refractivity contribution >= 4 is 11.9 Å². The molecule has 2 atom stereocenters. The number of aliphatic hydroxyl groups is 2. The van der Waals surface area contributed by atoms with E-state index >= 15 is 0 Å². The molecule has 1 amide bonds. The molecule has 80 heavy (non-hydrogen) atoms. The average molecular weight is 1130 g/mol. The number of carbonyl (C=O) groups is 2. The normalized spacial score (nSPS) is 12.5. The second-order valence-electron chi connectivity index (χ2n) is 25.6. The highest BCUT2D eigenvalue weighted by atomic mass is 16.5. The minimum absolute atomic E-state index is 0.0122. The maximum Gasteiger partial charge on any atom is 0.305 e. The van der Waals surface area contributed by atoms with Crippen LogP contribution < -0.4 is 5.32 Å². The lowest BCUT2D eigenvalue weighted by Gasteiger charge is -2.22. The van der Waals surface area contributed by atoms with Crippen LogP contribution in [0.5, 0.6) is 0 Å². The first kappa shape index (κ1) is 78.6. The molecule has 0 rings (SSSR count). The molecule has 0 saturated carbocycles. The van der Waals surface area contributed by atoms with Crippen molar-refractivity contribution in [3.05, 3.63) is 12.2 Å². The van der Waals surface area contributed by atoms with Crippen LogP contribution in [0.15, 0.2) is 12.2 Å². The number of amides is 1. The summed E-state index contributed by atoms with van der Waals surface area (Å²) in [6.45, 7) is 4.96. The van der Waals surface area contributed by atoms with E-state index in [0.717, 1.165) is 44.9 Å². The quantitative estimate of drug-likeness (QED) is 0.0320. The van der Waals surface area contributed by atoms with Gasteiger partial charge in [-0.2, -0.15) is 0 Å². The lowest BCUT2D eigenvalue weighted by molar-refractivity contribution is -0.143. The second kappa shape index (κ2) is 70.1. The van der Waals surface area contributed by atoms with Crippen LogP contribution >= 0.6 is 0 Å². The first-order valence-electron chi connectivity index (χ1n) is 36.9. The molecule has 0 spiro atoms. The van der Waals surface area contributed by atoms with Gasteiger partial charge in [-0.25, -0.2) is 0 Å². The van der Waals surface area contributed by atoms with Crippen LogP contribution in [-0.4, -0.2) is 47.4 Å². The van der Waals surface area contributed by atoms with E-state index < -0.39 is 12.1 Å². The van der Waals surface area contributed by atoms with E-state index in [-0.39, 0.29) is 18.5 Å². The summed E-state index contributed by atoms with van der Waals surface area (Å²) in [6, 6.07) is -0.537. The Morgan fingerprint density at radius 3 is 0.925 bits per heavy atom. The van der Waals surface area contributed by atoms with Crippen LogP contribution in [0.2, 0.25) is 0 Å². The third-order valence-electron chi connectivity index (χ3n) is 17.6. The number of hydrogen-bond donors (Lipinski definition) is 3. The maximum atomic E-state index is 12.5. The largest absolute Gasteiger partial charge is 0.466 e. The Hall–Kier alpha value is -1.40. The lowest BCUT2D eigenvalue weighted by atomic mass is 10.0. The molecule has 0 aliphatic carbocycles. The van der Waals surface area contributed by atoms with Gasteiger partial charge in [0.1, 0.15) is 0 Å². The minimum atomic E-state index is -0.660. The predicted octanol–water partition coefficient (Wildman–Crippen LogP) is 23.9. The number of rotatable bonds is 70. The summed E-state index contributed by atoms with van der Waals surface area (Å²) in [5, 5.41) is 23.4. The van der Waals surface area contributed by atoms with Crippen molar-refractivity contribution in [2.75, 3.05) is 13.2 Å². The third-order valence-corrected chi connectivity index (χ3v) is 17.6. The third kappa shape index (κ3) is 65.7. The fourth-order valence-corrected chi connectivity index (χ4v) is 11.9. The van der Waals surface area contributed by atoms with E-state index in [2.05, 4.69) is 31.3 Å². The zero-order chi connectivity index (χ0) is 57.8. The molecule has 0 aliphatic heterocycles. The summed E-state index contributed by atoms with van der Waals surface area (Å²) in [4.78, 5) is 24.5. The summed E-state index contributed by atoms with van der Waals surface area (Å²) in [5.74, 6) is -0.0131. The van der Waals surface area contributed by atoms with Gasteiger partial charge in [0.2, 0.25) is 5.91 Å². The number of ether oxygens (including phenoxy) is 1. The van der Waals surface area contributed by atoms with E-state index in [4.69, 9.17) is 4.74 Å². The molecule has 3 N–H and O–H groups in total. The number of aliphatic hydroxyl groups excluding tert-OH is 2. The zero-order valence-electron chi connectivity index (χ0n) is 54.6. The van der Waals surface area contributed by atoms with Crippen molar-refractivity contribution < 1.29 is 24.5 Å². The maximum absolute atomic E-state index is 12.5. The summed E-state index contributed by atoms with van der Waals surface area (Å²) in [6.07, 6.45) is 87.2. The van der Waals surface area contributed by atoms with E-state index in [0.29, 0.717) is 25.9 Å². The Balaban J connectivity index is 3.30. The molecule has 0 aliphatic rings. The molecule has 6 heteroatoms. The number of esters is 1. The van der Waals surface area contributed by atoms with E-state index in [1.54, 1.807) is 0 Å². The van der Waals surface area contributed by atoms with Crippen LogP contribution in [0.1, 0.15) is 425 Å². The summed E-state index contributed by atoms with van der Waals surface area (Å²) in [7, 11) is 0. The van der Waals surface area contributed by atoms with Crippen molar-refractivity contribution in [3.63, 3.8) is 0 Å². The van der Waals surface area contributed by atoms with Crippen molar-refractivity contribution in [2.24, 2.45) is 0 Å². The Labute approximate surface area is 501 Å². The minimum Gasteiger partial charge on any atom is -0.466 e. The molecule has 0 fully saturated rings. The topological polar surface area (TPSA) is 95.9 Å². The van der Waals surface area contributed by atoms with Crippen LogP contribution in [0.4, 0.5) is 0 Å². The Morgan fingerprint density at radius 1 is 0.338 bits per heavy atom. The van der Waals surface area contributed by atoms with Gasteiger partial charge in [-0.05, 0) is 44.9 Å². The molecule has 0 aromatic heterocycles. The van der Waals surface area contributed by atoms with Gasteiger partial charge < -0.3 is 20.3 Å². The highest BCUT2D eigenvalue weighted by Gasteiger charge is 2.20. The van der Waals surface area contributed by atoms with Gasteiger partial charge in [-0.15, -0.1) is 0 Å². The summed E-state index contributed by atoms with van der Waals surface area (Å²) < 4.78 is 5.47. The molecular weight excluding hydrogens is 983 g/mol. The Bertz CT molecular complexity index is 1210. The Kier molecular flexibility index (Phi) is 68.9. The lowest BCUT2D eigenvalue weighted by Crippen LogP contribution is -2.45. The van der Waals surface area contributed by atoms with Crippen molar-refractivity contribution in [1.82, 2.24) is 5.32 Å². The molecule has 2 unspecified atom stereocenters. The van der Waals surface area contributed by atoms with Crippen LogP contribution in [0, 0.1) is 0 Å². The number of unbranched alkanes of at least 4 members (excludes halogenated alkanes) is 57. The Morgan fingerprint density at radius 2 is 0.600 bits per heavy atom. The molecule has 0 heterocycles. The summed E-state index contributed by atoms with van der Waals surface area (Å²) >= 11 is 0. The number of hydrogen-bond acceptors (Lipinski definition) is 5. The molecule has 0 aromatic carbocycles. The van der Waals surface area contributed by atoms with Gasteiger partial charge >= 0.3 is 5.97 Å². The first-order valence-corrected chi connectivity index (χ1v) is 36.9. The number of carbonyl (C=O) groups excluding carboxylic acids is 2. The van der Waals surface area contributed by atoms with Crippen molar-refractivity contribution in [1.29, 1.82) is 0 Å².